The van der Waals surface area contributed by atoms with Crippen LogP contribution in [-0.2, 0) is 10.5 Å². The lowest BCUT2D eigenvalue weighted by Crippen LogP contribution is -2.13. The Morgan fingerprint density at radius 3 is 3.04 bits per heavy atom. The molecule has 0 aliphatic rings. The van der Waals surface area contributed by atoms with Crippen LogP contribution in [0.4, 0.5) is 5.13 Å². The van der Waals surface area contributed by atoms with E-state index in [0.717, 1.165) is 11.8 Å². The number of hydrogen-bond donors (Lipinski definition) is 2. The van der Waals surface area contributed by atoms with Crippen molar-refractivity contribution in [2.24, 2.45) is 0 Å². The second-order valence-electron chi connectivity index (χ2n) is 4.62. The number of hydrogen-bond acceptors (Lipinski definition) is 10. The average Bonchev–Trinajstić information content (AvgIpc) is 3.22. The highest BCUT2D eigenvalue weighted by Gasteiger charge is 2.11. The largest absolute Gasteiger partial charge is 0.415 e. The topological polar surface area (TPSA) is 127 Å². The lowest BCUT2D eigenvalue weighted by Gasteiger charge is -1.99. The molecule has 0 unspecified atom stereocenters. The van der Waals surface area contributed by atoms with E-state index in [1.165, 1.54) is 29.2 Å². The number of aromatic nitrogens is 5. The molecule has 1 amide bonds. The van der Waals surface area contributed by atoms with Crippen molar-refractivity contribution in [3.8, 4) is 0 Å². The minimum Gasteiger partial charge on any atom is -0.415 e. The lowest BCUT2D eigenvalue weighted by atomic mass is 10.5. The summed E-state index contributed by atoms with van der Waals surface area (Å²) < 4.78 is 5.46. The fourth-order valence-electron chi connectivity index (χ4n) is 1.67. The molecule has 0 radical (unpaired) electrons. The zero-order chi connectivity index (χ0) is 17.6. The van der Waals surface area contributed by atoms with Crippen LogP contribution in [0, 0.1) is 6.92 Å². The van der Waals surface area contributed by atoms with Gasteiger partial charge in [-0.3, -0.25) is 9.59 Å². The zero-order valence-electron chi connectivity index (χ0n) is 12.9. The number of rotatable bonds is 7. The van der Waals surface area contributed by atoms with E-state index in [9.17, 15) is 9.59 Å². The van der Waals surface area contributed by atoms with Crippen molar-refractivity contribution in [1.29, 1.82) is 0 Å². The summed E-state index contributed by atoms with van der Waals surface area (Å²) in [4.78, 5) is 34.0. The van der Waals surface area contributed by atoms with Gasteiger partial charge in [0.25, 0.3) is 10.8 Å². The minimum absolute atomic E-state index is 0.140. The molecule has 0 aromatic carbocycles. The fourth-order valence-corrected chi connectivity index (χ4v) is 3.56. The molecule has 0 aliphatic heterocycles. The van der Waals surface area contributed by atoms with Gasteiger partial charge >= 0.3 is 0 Å². The van der Waals surface area contributed by atoms with Crippen LogP contribution in [0.3, 0.4) is 0 Å². The molecule has 3 rings (SSSR count). The van der Waals surface area contributed by atoms with Gasteiger partial charge in [0.1, 0.15) is 0 Å². The number of anilines is 1. The van der Waals surface area contributed by atoms with E-state index in [0.29, 0.717) is 32.8 Å². The van der Waals surface area contributed by atoms with Crippen LogP contribution in [-0.4, -0.2) is 36.8 Å². The Balaban J connectivity index is 1.48. The monoisotopic (exact) mass is 396 g/mol. The molecule has 130 valence electrons. The molecule has 12 heteroatoms. The molecule has 3 heterocycles. The third-order valence-electron chi connectivity index (χ3n) is 2.63. The van der Waals surface area contributed by atoms with Crippen molar-refractivity contribution in [3.63, 3.8) is 0 Å². The maximum Gasteiger partial charge on any atom is 0.277 e. The third-order valence-corrected chi connectivity index (χ3v) is 5.00. The number of amides is 1. The Bertz CT molecular complexity index is 908. The lowest BCUT2D eigenvalue weighted by molar-refractivity contribution is -0.113. The minimum atomic E-state index is -0.206. The SMILES string of the molecule is Cc1cc(=O)[nH]c(SCc2nnc(SCC(=O)Nc3nccs3)o2)n1. The summed E-state index contributed by atoms with van der Waals surface area (Å²) >= 11 is 3.77. The van der Waals surface area contributed by atoms with Crippen LogP contribution in [0.5, 0.6) is 0 Å². The Labute approximate surface area is 154 Å². The van der Waals surface area contributed by atoms with Crippen LogP contribution in [0.1, 0.15) is 11.6 Å². The van der Waals surface area contributed by atoms with Gasteiger partial charge in [0, 0.05) is 23.3 Å². The van der Waals surface area contributed by atoms with Crippen LogP contribution in [0.15, 0.2) is 37.2 Å². The summed E-state index contributed by atoms with van der Waals surface area (Å²) in [5.74, 6) is 0.694. The first-order chi connectivity index (χ1) is 12.1. The number of H-pyrrole nitrogens is 1. The highest BCUT2D eigenvalue weighted by molar-refractivity contribution is 7.99. The van der Waals surface area contributed by atoms with Gasteiger partial charge in [-0.25, -0.2) is 9.97 Å². The Hall–Kier alpha value is -2.18. The van der Waals surface area contributed by atoms with Crippen LogP contribution < -0.4 is 10.9 Å². The Morgan fingerprint density at radius 1 is 1.40 bits per heavy atom. The molecule has 3 aromatic heterocycles. The summed E-state index contributed by atoms with van der Waals surface area (Å²) in [5, 5.41) is 13.6. The number of aryl methyl sites for hydroxylation is 1. The molecule has 0 aliphatic carbocycles. The van der Waals surface area contributed by atoms with Crippen molar-refractivity contribution in [2.75, 3.05) is 11.1 Å². The molecule has 0 spiro atoms. The second-order valence-corrected chi connectivity index (χ2v) is 7.40. The number of nitrogens with one attached hydrogen (secondary N) is 2. The summed E-state index contributed by atoms with van der Waals surface area (Å²) in [7, 11) is 0. The average molecular weight is 396 g/mol. The maximum absolute atomic E-state index is 11.8. The summed E-state index contributed by atoms with van der Waals surface area (Å²) in [6.07, 6.45) is 1.62. The Kier molecular flexibility index (Phi) is 5.83. The van der Waals surface area contributed by atoms with Gasteiger partial charge in [0.05, 0.1) is 11.5 Å². The highest BCUT2D eigenvalue weighted by Crippen LogP contribution is 2.21. The van der Waals surface area contributed by atoms with E-state index in [-0.39, 0.29) is 17.2 Å². The number of thiazole rings is 1. The predicted molar refractivity (Wildman–Crippen MR) is 94.9 cm³/mol. The quantitative estimate of drug-likeness (QED) is 0.455. The smallest absolute Gasteiger partial charge is 0.277 e. The van der Waals surface area contributed by atoms with Crippen molar-refractivity contribution < 1.29 is 9.21 Å². The van der Waals surface area contributed by atoms with Crippen LogP contribution >= 0.6 is 34.9 Å². The van der Waals surface area contributed by atoms with E-state index < -0.39 is 0 Å². The molecule has 0 bridgehead atoms. The molecule has 0 saturated carbocycles. The van der Waals surface area contributed by atoms with E-state index in [1.807, 2.05) is 0 Å². The van der Waals surface area contributed by atoms with Gasteiger partial charge in [0.15, 0.2) is 10.3 Å². The molecule has 3 aromatic rings. The molecule has 9 nitrogen and oxygen atoms in total. The molecule has 25 heavy (non-hydrogen) atoms. The summed E-state index contributed by atoms with van der Waals surface area (Å²) in [5.41, 5.74) is 0.433. The molecule has 0 atom stereocenters. The van der Waals surface area contributed by atoms with Gasteiger partial charge in [-0.05, 0) is 6.92 Å². The van der Waals surface area contributed by atoms with Gasteiger partial charge < -0.3 is 14.7 Å². The summed E-state index contributed by atoms with van der Waals surface area (Å²) in [6.45, 7) is 1.75. The van der Waals surface area contributed by atoms with Gasteiger partial charge in [0.2, 0.25) is 11.8 Å². The molecule has 2 N–H and O–H groups in total. The van der Waals surface area contributed by atoms with Gasteiger partial charge in [-0.2, -0.15) is 0 Å². The third kappa shape index (κ3) is 5.41. The van der Waals surface area contributed by atoms with Crippen molar-refractivity contribution >= 4 is 45.9 Å². The fraction of sp³-hybridized carbons (Fsp3) is 0.231. The maximum atomic E-state index is 11.8. The molecular formula is C13H12N6O3S3. The number of nitrogens with zero attached hydrogens (tertiary/aromatic N) is 4. The number of thioether (sulfide) groups is 2. The number of aromatic amines is 1. The normalized spacial score (nSPS) is 10.8. The number of carbonyl (C=O) groups is 1. The second kappa shape index (κ2) is 8.27. The zero-order valence-corrected chi connectivity index (χ0v) is 15.3. The molecule has 0 saturated heterocycles. The van der Waals surface area contributed by atoms with Crippen molar-refractivity contribution in [1.82, 2.24) is 25.1 Å². The van der Waals surface area contributed by atoms with E-state index in [1.54, 1.807) is 18.5 Å². The van der Waals surface area contributed by atoms with Crippen LogP contribution in [0.25, 0.3) is 0 Å². The van der Waals surface area contributed by atoms with Gasteiger partial charge in [-0.15, -0.1) is 21.5 Å². The highest BCUT2D eigenvalue weighted by atomic mass is 32.2. The van der Waals surface area contributed by atoms with Crippen LogP contribution in [0.2, 0.25) is 0 Å². The first-order valence-electron chi connectivity index (χ1n) is 6.94. The molecular weight excluding hydrogens is 384 g/mol. The first-order valence-corrected chi connectivity index (χ1v) is 9.79. The van der Waals surface area contributed by atoms with E-state index >= 15 is 0 Å². The first kappa shape index (κ1) is 17.6. The standard InChI is InChI=1S/C13H12N6O3S3/c1-7-4-8(20)16-12(15-7)24-6-10-18-19-13(22-10)25-5-9(21)17-11-14-2-3-23-11/h2-4H,5-6H2,1H3,(H,14,17,21)(H,15,16,20). The Morgan fingerprint density at radius 2 is 2.28 bits per heavy atom. The predicted octanol–water partition coefficient (Wildman–Crippen LogP) is 1.94. The van der Waals surface area contributed by atoms with E-state index in [2.05, 4.69) is 30.5 Å². The van der Waals surface area contributed by atoms with Crippen molar-refractivity contribution in [2.45, 2.75) is 23.1 Å². The summed E-state index contributed by atoms with van der Waals surface area (Å²) in [6, 6.07) is 1.42. The van der Waals surface area contributed by atoms with E-state index in [4.69, 9.17) is 4.42 Å². The van der Waals surface area contributed by atoms with Gasteiger partial charge in [-0.1, -0.05) is 23.5 Å². The number of carbonyl (C=O) groups excluding carboxylic acids is 1. The van der Waals surface area contributed by atoms with Crippen molar-refractivity contribution in [3.05, 3.63) is 39.6 Å². The molecule has 0 fully saturated rings.